The van der Waals surface area contributed by atoms with Gasteiger partial charge < -0.3 is 47.5 Å². The number of nitro benzene ring substituents is 1. The van der Waals surface area contributed by atoms with E-state index in [0.29, 0.717) is 0 Å². The van der Waals surface area contributed by atoms with Crippen molar-refractivity contribution in [3.8, 4) is 0 Å². The molecule has 0 saturated carbocycles. The van der Waals surface area contributed by atoms with Gasteiger partial charge in [0.1, 0.15) is 0 Å². The maximum Gasteiger partial charge on any atom is 1.00 e. The molecule has 1 aromatic rings. The summed E-state index contributed by atoms with van der Waals surface area (Å²) >= 11 is 0. The molecule has 15 N–H and O–H groups in total. The average molecular weight is 351 g/mol. The number of non-ortho nitro benzene ring substituents is 1. The average Bonchev–Trinajstić information content (AvgIpc) is 2.03. The van der Waals surface area contributed by atoms with Gasteiger partial charge in [0.2, 0.25) is 0 Å². The molecule has 0 aliphatic heterocycles. The number of phosphoric acid groups is 1. The summed E-state index contributed by atoms with van der Waals surface area (Å²) in [5.74, 6) is 0. The van der Waals surface area contributed by atoms with Crippen LogP contribution in [0.4, 0.5) is 5.69 Å². The van der Waals surface area contributed by atoms with Crippen molar-refractivity contribution >= 4 is 13.5 Å². The number of rotatable bonds is 1. The first-order valence-corrected chi connectivity index (χ1v) is 4.76. The van der Waals surface area contributed by atoms with E-state index in [4.69, 9.17) is 19.2 Å². The predicted molar refractivity (Wildman–Crippen MR) is 67.9 cm³/mol. The van der Waals surface area contributed by atoms with E-state index in [-0.39, 0.29) is 68.1 Å². The monoisotopic (exact) mass is 351 g/mol. The van der Waals surface area contributed by atoms with Gasteiger partial charge in [-0.3, -0.25) is 10.1 Å². The van der Waals surface area contributed by atoms with E-state index in [9.17, 15) is 10.1 Å². The second-order valence-electron chi connectivity index (χ2n) is 2.03. The van der Waals surface area contributed by atoms with Crippen molar-refractivity contribution in [3.05, 3.63) is 40.4 Å². The first kappa shape index (κ1) is 49.9. The Hall–Kier alpha value is -0.510. The molecule has 0 aliphatic carbocycles. The van der Waals surface area contributed by atoms with Gasteiger partial charge >= 0.3 is 37.4 Å². The van der Waals surface area contributed by atoms with Crippen LogP contribution in [0.1, 0.15) is 0 Å². The molecule has 1 aromatic carbocycles. The van der Waals surface area contributed by atoms with Crippen molar-refractivity contribution in [2.75, 3.05) is 0 Å². The Kier molecular flexibility index (Phi) is 58.2. The van der Waals surface area contributed by atoms with E-state index in [0.717, 1.165) is 0 Å². The quantitative estimate of drug-likeness (QED) is 0.145. The summed E-state index contributed by atoms with van der Waals surface area (Å²) in [4.78, 5) is 31.1. The molecule has 0 aliphatic rings. The number of hydrogen-bond acceptors (Lipinski definition) is 3. The summed E-state index contributed by atoms with van der Waals surface area (Å²) in [6.45, 7) is 0. The maximum absolute atomic E-state index is 9.99. The number of hydrogen-bond donors (Lipinski definition) is 3. The van der Waals surface area contributed by atoms with Crippen LogP contribution in [0, 0.1) is 16.2 Å². The van der Waals surface area contributed by atoms with Crippen LogP contribution in [0.3, 0.4) is 0 Å². The Balaban J connectivity index is -0.0000000217. The minimum Gasteiger partial charge on any atom is -0.412 e. The molecular formula is C6H19NNaO12P. The standard InChI is InChI=1S/C6H4NO2.Na.H3O4P.6H2O/c8-7(9)6-4-2-1-3-5-6;;1-5(2,3)4;;;;;;/h2-5H;;(H3,1,2,3,4);6*1H2/q-1;+1;;;;;;;. The van der Waals surface area contributed by atoms with Crippen molar-refractivity contribution in [1.82, 2.24) is 0 Å². The first-order valence-electron chi connectivity index (χ1n) is 3.19. The summed E-state index contributed by atoms with van der Waals surface area (Å²) < 4.78 is 8.88. The Labute approximate surface area is 140 Å². The van der Waals surface area contributed by atoms with E-state index in [2.05, 4.69) is 6.07 Å². The van der Waals surface area contributed by atoms with Crippen molar-refractivity contribution in [2.45, 2.75) is 0 Å². The first-order chi connectivity index (χ1) is 6.30. The fraction of sp³-hybridized carbons (Fsp3) is 0. The smallest absolute Gasteiger partial charge is 0.412 e. The largest absolute Gasteiger partial charge is 1.00 e. The molecule has 0 bridgehead atoms. The molecule has 0 aromatic heterocycles. The van der Waals surface area contributed by atoms with Gasteiger partial charge in [-0.1, -0.05) is 12.1 Å². The van der Waals surface area contributed by atoms with Gasteiger partial charge in [-0.2, -0.15) is 18.2 Å². The Bertz CT molecular complexity index is 337. The van der Waals surface area contributed by atoms with Gasteiger partial charge in [-0.15, -0.1) is 0 Å². The van der Waals surface area contributed by atoms with Gasteiger partial charge in [-0.05, 0) is 0 Å². The molecule has 21 heavy (non-hydrogen) atoms. The molecule has 0 atom stereocenters. The summed E-state index contributed by atoms with van der Waals surface area (Å²) in [5, 5.41) is 9.99. The van der Waals surface area contributed by atoms with Crippen molar-refractivity contribution in [2.24, 2.45) is 0 Å². The van der Waals surface area contributed by atoms with E-state index in [1.165, 1.54) is 24.3 Å². The summed E-state index contributed by atoms with van der Waals surface area (Å²) in [7, 11) is -4.64. The van der Waals surface area contributed by atoms with Gasteiger partial charge in [0.25, 0.3) is 0 Å². The van der Waals surface area contributed by atoms with Crippen LogP contribution >= 0.6 is 7.82 Å². The zero-order valence-electron chi connectivity index (χ0n) is 10.8. The normalized spacial score (nSPS) is 6.62. The van der Waals surface area contributed by atoms with E-state index in [1.807, 2.05) is 0 Å². The van der Waals surface area contributed by atoms with Gasteiger partial charge in [0.05, 0.1) is 0 Å². The molecule has 0 amide bonds. The Morgan fingerprint density at radius 2 is 1.19 bits per heavy atom. The molecule has 0 radical (unpaired) electrons. The van der Waals surface area contributed by atoms with Crippen LogP contribution in [-0.4, -0.2) is 52.5 Å². The van der Waals surface area contributed by atoms with E-state index >= 15 is 0 Å². The second kappa shape index (κ2) is 24.5. The van der Waals surface area contributed by atoms with Gasteiger partial charge in [0, 0.05) is 4.92 Å². The maximum atomic E-state index is 9.99. The van der Waals surface area contributed by atoms with Crippen molar-refractivity contribution < 1.29 is 86.6 Å². The summed E-state index contributed by atoms with van der Waals surface area (Å²) in [6, 6.07) is 8.51. The Morgan fingerprint density at radius 3 is 1.33 bits per heavy atom. The van der Waals surface area contributed by atoms with Gasteiger partial charge in [0.15, 0.2) is 5.69 Å². The van der Waals surface area contributed by atoms with Crippen LogP contribution in [0.25, 0.3) is 0 Å². The van der Waals surface area contributed by atoms with Crippen LogP contribution in [0.2, 0.25) is 0 Å². The third-order valence-electron chi connectivity index (χ3n) is 0.911. The third kappa shape index (κ3) is 45.2. The van der Waals surface area contributed by atoms with E-state index in [1.54, 1.807) is 0 Å². The molecule has 0 heterocycles. The molecular weight excluding hydrogens is 332 g/mol. The third-order valence-corrected chi connectivity index (χ3v) is 0.911. The fourth-order valence-electron chi connectivity index (χ4n) is 0.500. The molecule has 0 fully saturated rings. The van der Waals surface area contributed by atoms with Crippen LogP contribution in [0.15, 0.2) is 24.3 Å². The fourth-order valence-corrected chi connectivity index (χ4v) is 0.500. The zero-order valence-corrected chi connectivity index (χ0v) is 13.7. The SMILES string of the molecule is O.O.O.O.O.O.O=P(O)(O)O.O=[N+]([O-])c1cc[c-]cc1.[Na+]. The van der Waals surface area contributed by atoms with Crippen LogP contribution < -0.4 is 29.6 Å². The molecule has 0 saturated heterocycles. The number of nitrogens with zero attached hydrogens (tertiary/aromatic N) is 1. The molecule has 1 rings (SSSR count). The minimum absolute atomic E-state index is 0. The second-order valence-corrected chi connectivity index (χ2v) is 3.06. The van der Waals surface area contributed by atoms with E-state index < -0.39 is 12.7 Å². The topological polar surface area (TPSA) is 310 Å². The summed E-state index contributed by atoms with van der Waals surface area (Å²) in [6.07, 6.45) is 0. The molecule has 0 spiro atoms. The number of benzene rings is 1. The number of nitro groups is 1. The predicted octanol–water partition coefficient (Wildman–Crippen LogP) is -7.48. The van der Waals surface area contributed by atoms with Crippen LogP contribution in [-0.2, 0) is 4.57 Å². The van der Waals surface area contributed by atoms with Gasteiger partial charge in [-0.25, -0.2) is 4.57 Å². The minimum atomic E-state index is -4.64. The van der Waals surface area contributed by atoms with Crippen molar-refractivity contribution in [1.29, 1.82) is 0 Å². The van der Waals surface area contributed by atoms with Crippen molar-refractivity contribution in [3.63, 3.8) is 0 Å². The molecule has 0 unspecified atom stereocenters. The van der Waals surface area contributed by atoms with Crippen LogP contribution in [0.5, 0.6) is 0 Å². The molecule has 126 valence electrons. The Morgan fingerprint density at radius 1 is 0.952 bits per heavy atom. The zero-order chi connectivity index (χ0) is 11.2. The summed E-state index contributed by atoms with van der Waals surface area (Å²) in [5.41, 5.74) is 0.105. The molecule has 13 nitrogen and oxygen atoms in total. The molecule has 15 heteroatoms.